The van der Waals surface area contributed by atoms with Gasteiger partial charge in [-0.3, -0.25) is 10.1 Å². The van der Waals surface area contributed by atoms with Gasteiger partial charge in [-0.2, -0.15) is 0 Å². The monoisotopic (exact) mass is 325 g/mol. The van der Waals surface area contributed by atoms with Crippen LogP contribution in [0.2, 0.25) is 0 Å². The van der Waals surface area contributed by atoms with Crippen LogP contribution in [0.5, 0.6) is 5.75 Å². The molecule has 0 amide bonds. The fraction of sp³-hybridized carbons (Fsp3) is 0.500. The number of nitrogens with zero attached hydrogens (tertiary/aromatic N) is 2. The number of nitrogens with one attached hydrogen (secondary N) is 1. The molecule has 1 fully saturated rings. The van der Waals surface area contributed by atoms with Crippen LogP contribution in [-0.2, 0) is 4.74 Å². The molecule has 2 rings (SSSR count). The van der Waals surface area contributed by atoms with Gasteiger partial charge in [-0.25, -0.2) is 0 Å². The summed E-state index contributed by atoms with van der Waals surface area (Å²) in [5.41, 5.74) is 0.576. The minimum Gasteiger partial charge on any atom is -0.494 e. The standard InChI is InChI=1S/C14H19N3O4S/c1-9-7-16(8-10(2)21-9)14(22)15-12-5-4-11(17(18)19)6-13(12)20-3/h4-6,9-10H,7-8H2,1-3H3,(H,15,22)/t9-,10+. The third-order valence-corrected chi connectivity index (χ3v) is 3.70. The number of methoxy groups -OCH3 is 1. The van der Waals surface area contributed by atoms with Crippen LogP contribution in [0, 0.1) is 10.1 Å². The summed E-state index contributed by atoms with van der Waals surface area (Å²) in [4.78, 5) is 12.4. The van der Waals surface area contributed by atoms with Crippen molar-refractivity contribution >= 4 is 28.7 Å². The molecule has 1 N–H and O–H groups in total. The number of nitro benzene ring substituents is 1. The Morgan fingerprint density at radius 2 is 2.09 bits per heavy atom. The maximum atomic E-state index is 10.8. The molecule has 0 bridgehead atoms. The van der Waals surface area contributed by atoms with Gasteiger partial charge in [-0.05, 0) is 32.1 Å². The van der Waals surface area contributed by atoms with Crippen LogP contribution in [-0.4, -0.2) is 47.3 Å². The normalized spacial score (nSPS) is 21.3. The first-order valence-electron chi connectivity index (χ1n) is 6.94. The molecule has 0 unspecified atom stereocenters. The van der Waals surface area contributed by atoms with Crippen molar-refractivity contribution in [3.05, 3.63) is 28.3 Å². The molecule has 120 valence electrons. The second-order valence-corrected chi connectivity index (χ2v) is 5.62. The van der Waals surface area contributed by atoms with Crippen molar-refractivity contribution in [3.63, 3.8) is 0 Å². The van der Waals surface area contributed by atoms with Gasteiger partial charge < -0.3 is 19.7 Å². The van der Waals surface area contributed by atoms with Crippen LogP contribution in [0.25, 0.3) is 0 Å². The van der Waals surface area contributed by atoms with E-state index < -0.39 is 4.92 Å². The fourth-order valence-electron chi connectivity index (χ4n) is 2.43. The lowest BCUT2D eigenvalue weighted by Gasteiger charge is -2.37. The van der Waals surface area contributed by atoms with E-state index in [-0.39, 0.29) is 17.9 Å². The fourth-order valence-corrected chi connectivity index (χ4v) is 2.69. The quantitative estimate of drug-likeness (QED) is 0.519. The molecule has 8 heteroatoms. The number of benzene rings is 1. The Labute approximate surface area is 134 Å². The molecule has 0 saturated carbocycles. The molecular weight excluding hydrogens is 306 g/mol. The highest BCUT2D eigenvalue weighted by molar-refractivity contribution is 7.80. The van der Waals surface area contributed by atoms with Gasteiger partial charge in [0.2, 0.25) is 0 Å². The van der Waals surface area contributed by atoms with E-state index in [4.69, 9.17) is 21.7 Å². The van der Waals surface area contributed by atoms with Crippen molar-refractivity contribution in [1.29, 1.82) is 0 Å². The summed E-state index contributed by atoms with van der Waals surface area (Å²) < 4.78 is 10.9. The molecule has 0 aromatic heterocycles. The first-order valence-corrected chi connectivity index (χ1v) is 7.35. The zero-order valence-electron chi connectivity index (χ0n) is 12.7. The number of non-ortho nitro benzene ring substituents is 1. The van der Waals surface area contributed by atoms with Crippen molar-refractivity contribution in [2.75, 3.05) is 25.5 Å². The molecule has 0 spiro atoms. The number of hydrogen-bond acceptors (Lipinski definition) is 5. The van der Waals surface area contributed by atoms with Gasteiger partial charge in [0.25, 0.3) is 5.69 Å². The number of ether oxygens (including phenoxy) is 2. The van der Waals surface area contributed by atoms with Gasteiger partial charge in [-0.1, -0.05) is 0 Å². The van der Waals surface area contributed by atoms with Crippen LogP contribution in [0.15, 0.2) is 18.2 Å². The number of morpholine rings is 1. The van der Waals surface area contributed by atoms with Gasteiger partial charge in [0.05, 0.1) is 36.0 Å². The topological polar surface area (TPSA) is 76.9 Å². The Kier molecular flexibility index (Phi) is 5.15. The van der Waals surface area contributed by atoms with Crippen LogP contribution in [0.1, 0.15) is 13.8 Å². The summed E-state index contributed by atoms with van der Waals surface area (Å²) in [5.74, 6) is 0.380. The second kappa shape index (κ2) is 6.89. The number of anilines is 1. The van der Waals surface area contributed by atoms with Crippen LogP contribution in [0.4, 0.5) is 11.4 Å². The van der Waals surface area contributed by atoms with E-state index in [2.05, 4.69) is 5.32 Å². The average Bonchev–Trinajstić information content (AvgIpc) is 2.46. The van der Waals surface area contributed by atoms with E-state index in [1.165, 1.54) is 19.2 Å². The molecule has 7 nitrogen and oxygen atoms in total. The highest BCUT2D eigenvalue weighted by Gasteiger charge is 2.24. The summed E-state index contributed by atoms with van der Waals surface area (Å²) in [6.45, 7) is 5.40. The molecule has 1 saturated heterocycles. The van der Waals surface area contributed by atoms with Gasteiger partial charge in [-0.15, -0.1) is 0 Å². The lowest BCUT2D eigenvalue weighted by molar-refractivity contribution is -0.384. The highest BCUT2D eigenvalue weighted by atomic mass is 32.1. The zero-order valence-corrected chi connectivity index (χ0v) is 13.6. The Morgan fingerprint density at radius 1 is 1.45 bits per heavy atom. The molecule has 1 aliphatic rings. The summed E-state index contributed by atoms with van der Waals surface area (Å²) in [6, 6.07) is 4.38. The SMILES string of the molecule is COc1cc([N+](=O)[O-])ccc1NC(=S)N1C[C@@H](C)O[C@@H](C)C1. The average molecular weight is 325 g/mol. The molecule has 0 aliphatic carbocycles. The summed E-state index contributed by atoms with van der Waals surface area (Å²) in [5, 5.41) is 14.4. The summed E-state index contributed by atoms with van der Waals surface area (Å²) in [7, 11) is 1.46. The Morgan fingerprint density at radius 3 is 2.64 bits per heavy atom. The van der Waals surface area contributed by atoms with Gasteiger partial charge in [0.1, 0.15) is 5.75 Å². The van der Waals surface area contributed by atoms with Crippen molar-refractivity contribution in [2.45, 2.75) is 26.1 Å². The Bertz CT molecular complexity index is 571. The smallest absolute Gasteiger partial charge is 0.273 e. The second-order valence-electron chi connectivity index (χ2n) is 5.23. The lowest BCUT2D eigenvalue weighted by Crippen LogP contribution is -2.49. The molecular formula is C14H19N3O4S. The highest BCUT2D eigenvalue weighted by Crippen LogP contribution is 2.29. The van der Waals surface area contributed by atoms with Crippen molar-refractivity contribution in [3.8, 4) is 5.75 Å². The largest absolute Gasteiger partial charge is 0.494 e. The Hall–Kier alpha value is -1.93. The van der Waals surface area contributed by atoms with Gasteiger partial charge in [0, 0.05) is 19.2 Å². The van der Waals surface area contributed by atoms with Crippen molar-refractivity contribution in [2.24, 2.45) is 0 Å². The van der Waals surface area contributed by atoms with Gasteiger partial charge in [0.15, 0.2) is 5.11 Å². The zero-order chi connectivity index (χ0) is 16.3. The summed E-state index contributed by atoms with van der Waals surface area (Å²) >= 11 is 5.42. The van der Waals surface area contributed by atoms with Crippen LogP contribution >= 0.6 is 12.2 Å². The molecule has 0 radical (unpaired) electrons. The van der Waals surface area contributed by atoms with E-state index >= 15 is 0 Å². The third kappa shape index (κ3) is 3.83. The third-order valence-electron chi connectivity index (χ3n) is 3.34. The molecule has 1 aromatic carbocycles. The number of rotatable bonds is 3. The lowest BCUT2D eigenvalue weighted by atomic mass is 10.2. The molecule has 1 aliphatic heterocycles. The van der Waals surface area contributed by atoms with Crippen LogP contribution in [0.3, 0.4) is 0 Å². The van der Waals surface area contributed by atoms with Crippen LogP contribution < -0.4 is 10.1 Å². The maximum absolute atomic E-state index is 10.8. The minimum absolute atomic E-state index is 0.0260. The minimum atomic E-state index is -0.462. The van der Waals surface area contributed by atoms with E-state index in [9.17, 15) is 10.1 Å². The molecule has 1 aromatic rings. The molecule has 22 heavy (non-hydrogen) atoms. The van der Waals surface area contributed by atoms with E-state index in [1.54, 1.807) is 6.07 Å². The number of hydrogen-bond donors (Lipinski definition) is 1. The van der Waals surface area contributed by atoms with Gasteiger partial charge >= 0.3 is 0 Å². The first-order chi connectivity index (χ1) is 10.4. The molecule has 1 heterocycles. The predicted octanol–water partition coefficient (Wildman–Crippen LogP) is 2.41. The van der Waals surface area contributed by atoms with Crippen molar-refractivity contribution < 1.29 is 14.4 Å². The van der Waals surface area contributed by atoms with E-state index in [0.717, 1.165) is 0 Å². The number of thiocarbonyl (C=S) groups is 1. The molecule has 2 atom stereocenters. The maximum Gasteiger partial charge on any atom is 0.273 e. The first kappa shape index (κ1) is 16.4. The predicted molar refractivity (Wildman–Crippen MR) is 87.5 cm³/mol. The van der Waals surface area contributed by atoms with Crippen molar-refractivity contribution in [1.82, 2.24) is 4.90 Å². The van der Waals surface area contributed by atoms with E-state index in [0.29, 0.717) is 29.6 Å². The van der Waals surface area contributed by atoms with E-state index in [1.807, 2.05) is 18.7 Å². The Balaban J connectivity index is 2.12. The summed E-state index contributed by atoms with van der Waals surface area (Å²) in [6.07, 6.45) is 0.199. The number of nitro groups is 1.